The molecule has 1 unspecified atom stereocenters. The standard InChI is InChI=1S/C24H36O4/c1-5-6-7-8-9-19(2)14-15-24(3,4)17-20-10-12-21(13-11-20)18-28-23(27)16-22(25)26/h6-7,10-13,19H,5,8-9,14-18H2,1-4H3,(H,25,26)/b7-6-. The highest BCUT2D eigenvalue weighted by Crippen LogP contribution is 2.30. The molecule has 0 heterocycles. The normalized spacial score (nSPS) is 12.9. The maximum absolute atomic E-state index is 11.3. The lowest BCUT2D eigenvalue weighted by Gasteiger charge is -2.26. The molecule has 1 aromatic carbocycles. The van der Waals surface area contributed by atoms with Gasteiger partial charge >= 0.3 is 11.9 Å². The van der Waals surface area contributed by atoms with Crippen molar-refractivity contribution in [3.05, 3.63) is 47.5 Å². The first kappa shape index (κ1) is 23.9. The van der Waals surface area contributed by atoms with Crippen molar-refractivity contribution in [2.45, 2.75) is 79.2 Å². The molecule has 4 nitrogen and oxygen atoms in total. The first-order valence-electron chi connectivity index (χ1n) is 10.3. The lowest BCUT2D eigenvalue weighted by Crippen LogP contribution is -2.16. The second-order valence-electron chi connectivity index (χ2n) is 8.49. The van der Waals surface area contributed by atoms with Crippen LogP contribution in [0.3, 0.4) is 0 Å². The van der Waals surface area contributed by atoms with Crippen molar-refractivity contribution in [1.82, 2.24) is 0 Å². The van der Waals surface area contributed by atoms with Gasteiger partial charge in [0, 0.05) is 0 Å². The molecule has 0 aromatic heterocycles. The second kappa shape index (κ2) is 12.4. The third kappa shape index (κ3) is 10.9. The Balaban J connectivity index is 2.41. The van der Waals surface area contributed by atoms with Gasteiger partial charge in [0.2, 0.25) is 0 Å². The molecule has 0 spiro atoms. The van der Waals surface area contributed by atoms with Gasteiger partial charge in [0.25, 0.3) is 0 Å². The van der Waals surface area contributed by atoms with Crippen molar-refractivity contribution < 1.29 is 19.4 Å². The number of carboxylic acids is 1. The summed E-state index contributed by atoms with van der Waals surface area (Å²) in [7, 11) is 0. The van der Waals surface area contributed by atoms with Gasteiger partial charge in [0.1, 0.15) is 13.0 Å². The molecule has 28 heavy (non-hydrogen) atoms. The van der Waals surface area contributed by atoms with Crippen LogP contribution in [0.5, 0.6) is 0 Å². The Bertz CT molecular complexity index is 629. The Hall–Kier alpha value is -2.10. The molecule has 1 N–H and O–H groups in total. The van der Waals surface area contributed by atoms with Crippen LogP contribution in [0.25, 0.3) is 0 Å². The SMILES string of the molecule is CC/C=C\CCC(C)CCC(C)(C)Cc1ccc(COC(=O)CC(=O)O)cc1. The zero-order chi connectivity index (χ0) is 21.0. The van der Waals surface area contributed by atoms with Crippen molar-refractivity contribution >= 4 is 11.9 Å². The summed E-state index contributed by atoms with van der Waals surface area (Å²) in [5.41, 5.74) is 2.38. The van der Waals surface area contributed by atoms with Gasteiger partial charge in [0.15, 0.2) is 0 Å². The fraction of sp³-hybridized carbons (Fsp3) is 0.583. The lowest BCUT2D eigenvalue weighted by molar-refractivity contribution is -0.152. The quantitative estimate of drug-likeness (QED) is 0.258. The van der Waals surface area contributed by atoms with E-state index < -0.39 is 18.4 Å². The minimum atomic E-state index is -1.17. The topological polar surface area (TPSA) is 63.6 Å². The predicted octanol–water partition coefficient (Wildman–Crippen LogP) is 5.94. The highest BCUT2D eigenvalue weighted by Gasteiger charge is 2.19. The molecule has 4 heteroatoms. The third-order valence-corrected chi connectivity index (χ3v) is 4.94. The van der Waals surface area contributed by atoms with E-state index in [0.29, 0.717) is 0 Å². The first-order chi connectivity index (χ1) is 13.2. The predicted molar refractivity (Wildman–Crippen MR) is 113 cm³/mol. The molecule has 0 saturated carbocycles. The van der Waals surface area contributed by atoms with Gasteiger partial charge in [-0.05, 0) is 54.6 Å². The highest BCUT2D eigenvalue weighted by molar-refractivity contribution is 5.90. The van der Waals surface area contributed by atoms with Crippen LogP contribution < -0.4 is 0 Å². The first-order valence-corrected chi connectivity index (χ1v) is 10.3. The van der Waals surface area contributed by atoms with E-state index in [9.17, 15) is 9.59 Å². The van der Waals surface area contributed by atoms with E-state index in [1.165, 1.54) is 31.2 Å². The molecule has 1 rings (SSSR count). The van der Waals surface area contributed by atoms with Crippen molar-refractivity contribution in [2.24, 2.45) is 11.3 Å². The van der Waals surface area contributed by atoms with E-state index >= 15 is 0 Å². The van der Waals surface area contributed by atoms with Crippen molar-refractivity contribution in [3.8, 4) is 0 Å². The maximum atomic E-state index is 11.3. The molecule has 1 atom stereocenters. The van der Waals surface area contributed by atoms with E-state index in [4.69, 9.17) is 9.84 Å². The number of hydrogen-bond donors (Lipinski definition) is 1. The fourth-order valence-electron chi connectivity index (χ4n) is 3.18. The van der Waals surface area contributed by atoms with Crippen LogP contribution >= 0.6 is 0 Å². The largest absolute Gasteiger partial charge is 0.481 e. The van der Waals surface area contributed by atoms with E-state index in [1.807, 2.05) is 12.1 Å². The maximum Gasteiger partial charge on any atom is 0.317 e. The fourth-order valence-corrected chi connectivity index (χ4v) is 3.18. The molecular formula is C24H36O4. The lowest BCUT2D eigenvalue weighted by atomic mass is 9.79. The van der Waals surface area contributed by atoms with Crippen LogP contribution in [0.4, 0.5) is 0 Å². The minimum Gasteiger partial charge on any atom is -0.481 e. The monoisotopic (exact) mass is 388 g/mol. The smallest absolute Gasteiger partial charge is 0.317 e. The van der Waals surface area contributed by atoms with Crippen LogP contribution in [0.1, 0.15) is 77.3 Å². The van der Waals surface area contributed by atoms with Gasteiger partial charge in [-0.15, -0.1) is 0 Å². The molecule has 0 aliphatic carbocycles. The second-order valence-corrected chi connectivity index (χ2v) is 8.49. The van der Waals surface area contributed by atoms with Gasteiger partial charge in [-0.25, -0.2) is 0 Å². The average molecular weight is 389 g/mol. The Morgan fingerprint density at radius 2 is 1.75 bits per heavy atom. The number of allylic oxidation sites excluding steroid dienone is 2. The summed E-state index contributed by atoms with van der Waals surface area (Å²) in [6, 6.07) is 8.03. The van der Waals surface area contributed by atoms with E-state index in [1.54, 1.807) is 0 Å². The Labute approximate surface area is 170 Å². The number of esters is 1. The summed E-state index contributed by atoms with van der Waals surface area (Å²) in [6.45, 7) is 9.26. The Morgan fingerprint density at radius 1 is 1.11 bits per heavy atom. The number of carbonyl (C=O) groups excluding carboxylic acids is 1. The summed E-state index contributed by atoms with van der Waals surface area (Å²) in [6.07, 6.45) is 10.9. The molecule has 0 fully saturated rings. The van der Waals surface area contributed by atoms with E-state index in [2.05, 4.69) is 52.0 Å². The molecular weight excluding hydrogens is 352 g/mol. The molecule has 0 bridgehead atoms. The van der Waals surface area contributed by atoms with Gasteiger partial charge in [-0.2, -0.15) is 0 Å². The molecule has 0 aliphatic heterocycles. The van der Waals surface area contributed by atoms with Crippen LogP contribution in [-0.4, -0.2) is 17.0 Å². The average Bonchev–Trinajstić information content (AvgIpc) is 2.62. The zero-order valence-electron chi connectivity index (χ0n) is 17.9. The van der Waals surface area contributed by atoms with Gasteiger partial charge in [-0.1, -0.05) is 70.5 Å². The van der Waals surface area contributed by atoms with Crippen molar-refractivity contribution in [3.63, 3.8) is 0 Å². The van der Waals surface area contributed by atoms with Gasteiger partial charge < -0.3 is 9.84 Å². The van der Waals surface area contributed by atoms with Crippen LogP contribution in [0.2, 0.25) is 0 Å². The number of hydrogen-bond acceptors (Lipinski definition) is 3. The molecule has 0 aliphatic rings. The molecule has 156 valence electrons. The van der Waals surface area contributed by atoms with Gasteiger partial charge in [-0.3, -0.25) is 9.59 Å². The molecule has 0 radical (unpaired) electrons. The number of benzene rings is 1. The Morgan fingerprint density at radius 3 is 2.36 bits per heavy atom. The summed E-state index contributed by atoms with van der Waals surface area (Å²) < 4.78 is 4.97. The summed E-state index contributed by atoms with van der Waals surface area (Å²) in [4.78, 5) is 21.8. The minimum absolute atomic E-state index is 0.111. The third-order valence-electron chi connectivity index (χ3n) is 4.94. The molecule has 1 aromatic rings. The van der Waals surface area contributed by atoms with Crippen LogP contribution in [-0.2, 0) is 27.4 Å². The summed E-state index contributed by atoms with van der Waals surface area (Å²) >= 11 is 0. The van der Waals surface area contributed by atoms with E-state index in [-0.39, 0.29) is 12.0 Å². The van der Waals surface area contributed by atoms with Gasteiger partial charge in [0.05, 0.1) is 0 Å². The van der Waals surface area contributed by atoms with E-state index in [0.717, 1.165) is 24.3 Å². The number of ether oxygens (including phenoxy) is 1. The van der Waals surface area contributed by atoms with Crippen LogP contribution in [0, 0.1) is 11.3 Å². The van der Waals surface area contributed by atoms with Crippen LogP contribution in [0.15, 0.2) is 36.4 Å². The van der Waals surface area contributed by atoms with Crippen molar-refractivity contribution in [2.75, 3.05) is 0 Å². The number of aliphatic carboxylic acids is 1. The molecule has 0 saturated heterocycles. The number of carboxylic acid groups (broad SMARTS) is 1. The zero-order valence-corrected chi connectivity index (χ0v) is 17.9. The number of carbonyl (C=O) groups is 2. The number of rotatable bonds is 13. The molecule has 0 amide bonds. The van der Waals surface area contributed by atoms with Crippen molar-refractivity contribution in [1.29, 1.82) is 0 Å². The Kier molecular flexibility index (Phi) is 10.6. The highest BCUT2D eigenvalue weighted by atomic mass is 16.5. The summed E-state index contributed by atoms with van der Waals surface area (Å²) in [5.74, 6) is -1.14. The summed E-state index contributed by atoms with van der Waals surface area (Å²) in [5, 5.41) is 8.56.